The van der Waals surface area contributed by atoms with Gasteiger partial charge in [-0.15, -0.1) is 0 Å². The number of nitrogens with zero attached hydrogens (tertiary/aromatic N) is 3. The third kappa shape index (κ3) is 5.32. The lowest BCUT2D eigenvalue weighted by molar-refractivity contribution is -0.138. The summed E-state index contributed by atoms with van der Waals surface area (Å²) in [4.78, 5) is 19.6. The van der Waals surface area contributed by atoms with Crippen LogP contribution in [-0.4, -0.2) is 74.1 Å². The SMILES string of the molecule is COc1cccc(CN(C)[C@H](C)C(=O)N2CCN(Cc3ccccc3)CC2)c1OC. The molecule has 1 saturated heterocycles. The van der Waals surface area contributed by atoms with Crippen LogP contribution in [0.3, 0.4) is 0 Å². The first-order valence-electron chi connectivity index (χ1n) is 10.5. The fourth-order valence-corrected chi connectivity index (χ4v) is 3.90. The highest BCUT2D eigenvalue weighted by Crippen LogP contribution is 2.31. The summed E-state index contributed by atoms with van der Waals surface area (Å²) < 4.78 is 10.9. The van der Waals surface area contributed by atoms with Crippen molar-refractivity contribution in [1.82, 2.24) is 14.7 Å². The zero-order valence-corrected chi connectivity index (χ0v) is 18.5. The maximum absolute atomic E-state index is 13.1. The molecule has 0 aromatic heterocycles. The summed E-state index contributed by atoms with van der Waals surface area (Å²) in [5.74, 6) is 1.61. The third-order valence-corrected chi connectivity index (χ3v) is 5.86. The van der Waals surface area contributed by atoms with E-state index in [1.165, 1.54) is 5.56 Å². The summed E-state index contributed by atoms with van der Waals surface area (Å²) in [6.45, 7) is 6.88. The van der Waals surface area contributed by atoms with Crippen LogP contribution in [0.15, 0.2) is 48.5 Å². The molecule has 6 heteroatoms. The third-order valence-electron chi connectivity index (χ3n) is 5.86. The molecular weight excluding hydrogens is 378 g/mol. The summed E-state index contributed by atoms with van der Waals surface area (Å²) in [5.41, 5.74) is 2.32. The molecule has 2 aromatic rings. The highest BCUT2D eigenvalue weighted by molar-refractivity contribution is 5.81. The van der Waals surface area contributed by atoms with Crippen molar-refractivity contribution < 1.29 is 14.3 Å². The summed E-state index contributed by atoms with van der Waals surface area (Å²) >= 11 is 0. The molecule has 1 heterocycles. The summed E-state index contributed by atoms with van der Waals surface area (Å²) in [6.07, 6.45) is 0. The van der Waals surface area contributed by atoms with Crippen LogP contribution in [0, 0.1) is 0 Å². The smallest absolute Gasteiger partial charge is 0.239 e. The number of carbonyl (C=O) groups excluding carboxylic acids is 1. The first-order chi connectivity index (χ1) is 14.5. The van der Waals surface area contributed by atoms with Crippen LogP contribution in [0.2, 0.25) is 0 Å². The zero-order chi connectivity index (χ0) is 21.5. The van der Waals surface area contributed by atoms with Crippen molar-refractivity contribution in [2.45, 2.75) is 26.1 Å². The van der Waals surface area contributed by atoms with E-state index in [-0.39, 0.29) is 11.9 Å². The van der Waals surface area contributed by atoms with Gasteiger partial charge in [-0.05, 0) is 25.6 Å². The molecule has 162 valence electrons. The van der Waals surface area contributed by atoms with Gasteiger partial charge in [-0.2, -0.15) is 0 Å². The Hall–Kier alpha value is -2.57. The quantitative estimate of drug-likeness (QED) is 0.668. The van der Waals surface area contributed by atoms with Gasteiger partial charge in [0.1, 0.15) is 0 Å². The van der Waals surface area contributed by atoms with E-state index in [2.05, 4.69) is 34.1 Å². The monoisotopic (exact) mass is 411 g/mol. The summed E-state index contributed by atoms with van der Waals surface area (Å²) in [6, 6.07) is 16.1. The fourth-order valence-electron chi connectivity index (χ4n) is 3.90. The Labute approximate surface area is 180 Å². The molecule has 1 atom stereocenters. The fraction of sp³-hybridized carbons (Fsp3) is 0.458. The van der Waals surface area contributed by atoms with E-state index in [1.807, 2.05) is 43.1 Å². The topological polar surface area (TPSA) is 45.2 Å². The van der Waals surface area contributed by atoms with Gasteiger partial charge < -0.3 is 14.4 Å². The van der Waals surface area contributed by atoms with Crippen molar-refractivity contribution in [3.05, 3.63) is 59.7 Å². The van der Waals surface area contributed by atoms with E-state index in [0.29, 0.717) is 12.3 Å². The number of ether oxygens (including phenoxy) is 2. The molecule has 0 saturated carbocycles. The predicted octanol–water partition coefficient (Wildman–Crippen LogP) is 2.87. The minimum absolute atomic E-state index is 0.179. The molecular formula is C24H33N3O3. The van der Waals surface area contributed by atoms with E-state index in [0.717, 1.165) is 44.0 Å². The molecule has 1 amide bonds. The Bertz CT molecular complexity index is 820. The van der Waals surface area contributed by atoms with Crippen molar-refractivity contribution in [2.75, 3.05) is 47.4 Å². The average molecular weight is 412 g/mol. The van der Waals surface area contributed by atoms with Crippen LogP contribution >= 0.6 is 0 Å². The first-order valence-corrected chi connectivity index (χ1v) is 10.5. The molecule has 0 unspecified atom stereocenters. The average Bonchev–Trinajstić information content (AvgIpc) is 2.79. The van der Waals surface area contributed by atoms with Gasteiger partial charge in [-0.1, -0.05) is 42.5 Å². The van der Waals surface area contributed by atoms with Crippen LogP contribution < -0.4 is 9.47 Å². The van der Waals surface area contributed by atoms with Crippen LogP contribution in [0.1, 0.15) is 18.1 Å². The van der Waals surface area contributed by atoms with Gasteiger partial charge >= 0.3 is 0 Å². The van der Waals surface area contributed by atoms with Crippen LogP contribution in [-0.2, 0) is 17.9 Å². The highest BCUT2D eigenvalue weighted by Gasteiger charge is 2.27. The molecule has 6 nitrogen and oxygen atoms in total. The lowest BCUT2D eigenvalue weighted by atomic mass is 10.1. The number of rotatable bonds is 8. The van der Waals surface area contributed by atoms with Gasteiger partial charge in [0.05, 0.1) is 20.3 Å². The molecule has 0 aliphatic carbocycles. The van der Waals surface area contributed by atoms with E-state index in [9.17, 15) is 4.79 Å². The van der Waals surface area contributed by atoms with E-state index in [1.54, 1.807) is 14.2 Å². The maximum atomic E-state index is 13.1. The van der Waals surface area contributed by atoms with Gasteiger partial charge in [-0.3, -0.25) is 14.6 Å². The van der Waals surface area contributed by atoms with Gasteiger partial charge in [0.15, 0.2) is 11.5 Å². The van der Waals surface area contributed by atoms with Crippen molar-refractivity contribution >= 4 is 5.91 Å². The maximum Gasteiger partial charge on any atom is 0.239 e. The second-order valence-electron chi connectivity index (χ2n) is 7.83. The molecule has 0 spiro atoms. The van der Waals surface area contributed by atoms with E-state index in [4.69, 9.17) is 9.47 Å². The van der Waals surface area contributed by atoms with Crippen molar-refractivity contribution in [3.63, 3.8) is 0 Å². The van der Waals surface area contributed by atoms with Crippen molar-refractivity contribution in [3.8, 4) is 11.5 Å². The number of methoxy groups -OCH3 is 2. The second kappa shape index (κ2) is 10.5. The molecule has 0 bridgehead atoms. The first kappa shape index (κ1) is 22.1. The number of amides is 1. The van der Waals surface area contributed by atoms with Crippen LogP contribution in [0.5, 0.6) is 11.5 Å². The Morgan fingerprint density at radius 3 is 2.33 bits per heavy atom. The second-order valence-corrected chi connectivity index (χ2v) is 7.83. The Balaban J connectivity index is 1.54. The van der Waals surface area contributed by atoms with E-state index >= 15 is 0 Å². The highest BCUT2D eigenvalue weighted by atomic mass is 16.5. The molecule has 1 aliphatic rings. The zero-order valence-electron chi connectivity index (χ0n) is 18.5. The van der Waals surface area contributed by atoms with E-state index < -0.39 is 0 Å². The molecule has 3 rings (SSSR count). The standard InChI is InChI=1S/C24H33N3O3/c1-19(25(2)18-21-11-8-12-22(29-3)23(21)30-4)24(28)27-15-13-26(14-16-27)17-20-9-6-5-7-10-20/h5-12,19H,13-18H2,1-4H3/t19-/m1/s1. The number of hydrogen-bond acceptors (Lipinski definition) is 5. The minimum Gasteiger partial charge on any atom is -0.493 e. The van der Waals surface area contributed by atoms with Crippen LogP contribution in [0.4, 0.5) is 0 Å². The Morgan fingerprint density at radius 2 is 1.70 bits per heavy atom. The van der Waals surface area contributed by atoms with Gasteiger partial charge in [0.2, 0.25) is 5.91 Å². The van der Waals surface area contributed by atoms with Crippen molar-refractivity contribution in [1.29, 1.82) is 0 Å². The Kier molecular flexibility index (Phi) is 7.71. The Morgan fingerprint density at radius 1 is 1.00 bits per heavy atom. The van der Waals surface area contributed by atoms with Gasteiger partial charge in [0.25, 0.3) is 0 Å². The molecule has 0 radical (unpaired) electrons. The number of para-hydroxylation sites is 1. The lowest BCUT2D eigenvalue weighted by Gasteiger charge is -2.37. The van der Waals surface area contributed by atoms with Crippen molar-refractivity contribution in [2.24, 2.45) is 0 Å². The summed E-state index contributed by atoms with van der Waals surface area (Å²) in [5, 5.41) is 0. The van der Waals surface area contributed by atoms with Gasteiger partial charge in [0, 0.05) is 44.8 Å². The molecule has 1 fully saturated rings. The summed E-state index contributed by atoms with van der Waals surface area (Å²) in [7, 11) is 5.26. The number of likely N-dealkylation sites (N-methyl/N-ethyl adjacent to an activating group) is 1. The number of carbonyl (C=O) groups is 1. The predicted molar refractivity (Wildman–Crippen MR) is 119 cm³/mol. The largest absolute Gasteiger partial charge is 0.493 e. The molecule has 0 N–H and O–H groups in total. The van der Waals surface area contributed by atoms with Gasteiger partial charge in [-0.25, -0.2) is 0 Å². The minimum atomic E-state index is -0.207. The number of benzene rings is 2. The normalized spacial score (nSPS) is 15.8. The molecule has 30 heavy (non-hydrogen) atoms. The molecule has 1 aliphatic heterocycles. The lowest BCUT2D eigenvalue weighted by Crippen LogP contribution is -2.53. The van der Waals surface area contributed by atoms with Crippen LogP contribution in [0.25, 0.3) is 0 Å². The number of hydrogen-bond donors (Lipinski definition) is 0. The number of piperazine rings is 1. The molecule has 2 aromatic carbocycles.